The molecule has 5 aromatic rings. The van der Waals surface area contributed by atoms with Crippen LogP contribution >= 0.6 is 0 Å². The molecule has 0 radical (unpaired) electrons. The highest BCUT2D eigenvalue weighted by Crippen LogP contribution is 2.31. The summed E-state index contributed by atoms with van der Waals surface area (Å²) in [5, 5.41) is 2.96. The van der Waals surface area contributed by atoms with Gasteiger partial charge in [0.1, 0.15) is 5.75 Å². The number of anilines is 1. The van der Waals surface area contributed by atoms with Gasteiger partial charge in [-0.15, -0.1) is 0 Å². The molecule has 0 saturated heterocycles. The zero-order chi connectivity index (χ0) is 22.5. The van der Waals surface area contributed by atoms with Crippen LogP contribution in [-0.2, 0) is 0 Å². The van der Waals surface area contributed by atoms with Gasteiger partial charge in [-0.25, -0.2) is 4.98 Å². The fourth-order valence-electron chi connectivity index (χ4n) is 3.47. The maximum Gasteiger partial charge on any atom is 0.256 e. The van der Waals surface area contributed by atoms with Gasteiger partial charge in [-0.2, -0.15) is 0 Å². The van der Waals surface area contributed by atoms with Gasteiger partial charge in [-0.05, 0) is 36.4 Å². The number of rotatable bonds is 6. The molecule has 1 N–H and O–H groups in total. The molecule has 33 heavy (non-hydrogen) atoms. The summed E-state index contributed by atoms with van der Waals surface area (Å²) in [6.45, 7) is 0. The molecule has 5 rings (SSSR count). The highest BCUT2D eigenvalue weighted by molar-refractivity contribution is 6.08. The van der Waals surface area contributed by atoms with Gasteiger partial charge in [0.05, 0.1) is 17.4 Å². The number of para-hydroxylation sites is 3. The lowest BCUT2D eigenvalue weighted by atomic mass is 10.1. The first-order valence-electron chi connectivity index (χ1n) is 10.5. The maximum absolute atomic E-state index is 13.3. The first-order valence-corrected chi connectivity index (χ1v) is 10.5. The molecule has 160 valence electrons. The lowest BCUT2D eigenvalue weighted by Crippen LogP contribution is -2.13. The van der Waals surface area contributed by atoms with Crippen molar-refractivity contribution >= 4 is 11.6 Å². The number of ether oxygens (including phenoxy) is 1. The van der Waals surface area contributed by atoms with Crippen LogP contribution in [0, 0.1) is 0 Å². The predicted molar refractivity (Wildman–Crippen MR) is 128 cm³/mol. The van der Waals surface area contributed by atoms with E-state index in [1.807, 2.05) is 97.1 Å². The number of oxazole rings is 1. The minimum Gasteiger partial charge on any atom is -0.455 e. The Hall–Kier alpha value is -4.64. The van der Waals surface area contributed by atoms with Crippen molar-refractivity contribution in [3.63, 3.8) is 0 Å². The summed E-state index contributed by atoms with van der Waals surface area (Å²) in [5.41, 5.74) is 2.55. The molecule has 0 aliphatic heterocycles. The molecule has 1 amide bonds. The van der Waals surface area contributed by atoms with E-state index >= 15 is 0 Å². The lowest BCUT2D eigenvalue weighted by Gasteiger charge is -2.13. The first-order chi connectivity index (χ1) is 16.3. The highest BCUT2D eigenvalue weighted by Gasteiger charge is 2.18. The summed E-state index contributed by atoms with van der Waals surface area (Å²) < 4.78 is 12.0. The molecular formula is C28H20N2O3. The maximum atomic E-state index is 13.3. The van der Waals surface area contributed by atoms with Gasteiger partial charge in [0.2, 0.25) is 5.89 Å². The monoisotopic (exact) mass is 432 g/mol. The quantitative estimate of drug-likeness (QED) is 0.312. The largest absolute Gasteiger partial charge is 0.455 e. The number of nitrogens with one attached hydrogen (secondary N) is 1. The van der Waals surface area contributed by atoms with Crippen molar-refractivity contribution in [2.75, 3.05) is 5.32 Å². The van der Waals surface area contributed by atoms with Crippen LogP contribution in [0.15, 0.2) is 120 Å². The lowest BCUT2D eigenvalue weighted by molar-refractivity contribution is 0.102. The summed E-state index contributed by atoms with van der Waals surface area (Å²) in [4.78, 5) is 17.7. The van der Waals surface area contributed by atoms with Gasteiger partial charge >= 0.3 is 0 Å². The zero-order valence-corrected chi connectivity index (χ0v) is 17.6. The molecule has 4 aromatic carbocycles. The minimum absolute atomic E-state index is 0.283. The molecule has 0 aliphatic carbocycles. The molecule has 1 heterocycles. The molecule has 1 aromatic heterocycles. The average Bonchev–Trinajstić information content (AvgIpc) is 3.37. The van der Waals surface area contributed by atoms with Crippen LogP contribution in [0.25, 0.3) is 22.8 Å². The van der Waals surface area contributed by atoms with Crippen molar-refractivity contribution < 1.29 is 13.9 Å². The van der Waals surface area contributed by atoms with Crippen LogP contribution in [0.1, 0.15) is 10.4 Å². The van der Waals surface area contributed by atoms with E-state index in [1.165, 1.54) is 0 Å². The van der Waals surface area contributed by atoms with Crippen LogP contribution in [0.3, 0.4) is 0 Å². The Morgan fingerprint density at radius 2 is 1.42 bits per heavy atom. The first kappa shape index (κ1) is 20.3. The Kier molecular flexibility index (Phi) is 5.68. The number of benzene rings is 4. The second-order valence-corrected chi connectivity index (χ2v) is 7.31. The van der Waals surface area contributed by atoms with Crippen molar-refractivity contribution in [3.8, 4) is 34.3 Å². The molecule has 0 fully saturated rings. The smallest absolute Gasteiger partial charge is 0.256 e. The average molecular weight is 432 g/mol. The van der Waals surface area contributed by atoms with Crippen LogP contribution in [0.4, 0.5) is 5.69 Å². The van der Waals surface area contributed by atoms with E-state index < -0.39 is 0 Å². The van der Waals surface area contributed by atoms with E-state index in [4.69, 9.17) is 9.15 Å². The third-order valence-corrected chi connectivity index (χ3v) is 5.07. The third-order valence-electron chi connectivity index (χ3n) is 5.07. The van der Waals surface area contributed by atoms with Gasteiger partial charge in [-0.3, -0.25) is 4.79 Å². The third kappa shape index (κ3) is 4.52. The van der Waals surface area contributed by atoms with Crippen molar-refractivity contribution in [1.29, 1.82) is 0 Å². The van der Waals surface area contributed by atoms with Gasteiger partial charge < -0.3 is 14.5 Å². The number of aromatic nitrogens is 1. The van der Waals surface area contributed by atoms with E-state index in [2.05, 4.69) is 10.3 Å². The molecular weight excluding hydrogens is 412 g/mol. The summed E-state index contributed by atoms with van der Waals surface area (Å²) in [6.07, 6.45) is 1.67. The van der Waals surface area contributed by atoms with Crippen LogP contribution < -0.4 is 10.1 Å². The standard InChI is InChI=1S/C28H20N2O3/c31-27(30-24-17-9-10-18-25(24)32-21-13-5-2-6-14-21)22-15-7-8-16-23(22)28-29-19-26(33-28)20-11-3-1-4-12-20/h1-19H,(H,30,31). The molecule has 0 atom stereocenters. The Labute approximate surface area is 191 Å². The molecule has 0 bridgehead atoms. The summed E-state index contributed by atoms with van der Waals surface area (Å²) in [6, 6.07) is 33.7. The van der Waals surface area contributed by atoms with Crippen molar-refractivity contribution in [3.05, 3.63) is 121 Å². The molecule has 0 saturated carbocycles. The molecule has 0 unspecified atom stereocenters. The Balaban J connectivity index is 1.42. The van der Waals surface area contributed by atoms with E-state index in [9.17, 15) is 4.79 Å². The fraction of sp³-hybridized carbons (Fsp3) is 0. The van der Waals surface area contributed by atoms with Gasteiger partial charge in [-0.1, -0.05) is 72.8 Å². The number of amides is 1. The second kappa shape index (κ2) is 9.24. The number of carbonyl (C=O) groups excluding carboxylic acids is 1. The fourth-order valence-corrected chi connectivity index (χ4v) is 3.47. The SMILES string of the molecule is O=C(Nc1ccccc1Oc1ccccc1)c1ccccc1-c1ncc(-c2ccccc2)o1. The van der Waals surface area contributed by atoms with E-state index in [1.54, 1.807) is 18.3 Å². The van der Waals surface area contributed by atoms with Crippen molar-refractivity contribution in [2.45, 2.75) is 0 Å². The van der Waals surface area contributed by atoms with E-state index in [-0.39, 0.29) is 5.91 Å². The van der Waals surface area contributed by atoms with Gasteiger partial charge in [0.15, 0.2) is 11.5 Å². The number of hydrogen-bond donors (Lipinski definition) is 1. The normalized spacial score (nSPS) is 10.5. The Morgan fingerprint density at radius 3 is 2.24 bits per heavy atom. The number of nitrogens with zero attached hydrogens (tertiary/aromatic N) is 1. The number of hydrogen-bond acceptors (Lipinski definition) is 4. The second-order valence-electron chi connectivity index (χ2n) is 7.31. The topological polar surface area (TPSA) is 64.4 Å². The minimum atomic E-state index is -0.283. The molecule has 5 heteroatoms. The van der Waals surface area contributed by atoms with Crippen molar-refractivity contribution in [1.82, 2.24) is 4.98 Å². The number of carbonyl (C=O) groups is 1. The van der Waals surface area contributed by atoms with Gasteiger partial charge in [0, 0.05) is 11.1 Å². The van der Waals surface area contributed by atoms with Gasteiger partial charge in [0.25, 0.3) is 5.91 Å². The molecule has 5 nitrogen and oxygen atoms in total. The zero-order valence-electron chi connectivity index (χ0n) is 17.6. The van der Waals surface area contributed by atoms with Crippen LogP contribution in [0.2, 0.25) is 0 Å². The van der Waals surface area contributed by atoms with Crippen molar-refractivity contribution in [2.24, 2.45) is 0 Å². The van der Waals surface area contributed by atoms with E-state index in [0.29, 0.717) is 40.0 Å². The van der Waals surface area contributed by atoms with Crippen LogP contribution in [-0.4, -0.2) is 10.9 Å². The summed E-state index contributed by atoms with van der Waals surface area (Å²) in [5.74, 6) is 1.98. The van der Waals surface area contributed by atoms with E-state index in [0.717, 1.165) is 5.56 Å². The molecule has 0 spiro atoms. The predicted octanol–water partition coefficient (Wildman–Crippen LogP) is 7.05. The molecule has 0 aliphatic rings. The highest BCUT2D eigenvalue weighted by atomic mass is 16.5. The Morgan fingerprint density at radius 1 is 0.758 bits per heavy atom. The van der Waals surface area contributed by atoms with Crippen LogP contribution in [0.5, 0.6) is 11.5 Å². The summed E-state index contributed by atoms with van der Waals surface area (Å²) >= 11 is 0. The summed E-state index contributed by atoms with van der Waals surface area (Å²) in [7, 11) is 0. The Bertz CT molecular complexity index is 1380.